The van der Waals surface area contributed by atoms with E-state index in [2.05, 4.69) is 10.1 Å². The Kier molecular flexibility index (Phi) is 3.72. The first-order valence-electron chi connectivity index (χ1n) is 5.70. The van der Waals surface area contributed by atoms with Crippen LogP contribution in [0.15, 0.2) is 30.7 Å². The van der Waals surface area contributed by atoms with Gasteiger partial charge in [-0.25, -0.2) is 0 Å². The Balaban J connectivity index is 1.97. The lowest BCUT2D eigenvalue weighted by Crippen LogP contribution is -2.03. The predicted octanol–water partition coefficient (Wildman–Crippen LogP) is 1.70. The Bertz CT molecular complexity index is 531. The summed E-state index contributed by atoms with van der Waals surface area (Å²) in [4.78, 5) is 14.9. The molecule has 5 nitrogen and oxygen atoms in total. The second-order valence-corrected chi connectivity index (χ2v) is 4.15. The molecule has 0 radical (unpaired) electrons. The standard InChI is InChI=1S/C13H15N3O2/c1-10-5-15-16(7-10)8-12-3-4-13(14-6-12)9-18-11(2)17/h3-7H,8-9H2,1-2H3. The quantitative estimate of drug-likeness (QED) is 0.769. The summed E-state index contributed by atoms with van der Waals surface area (Å²) < 4.78 is 6.73. The number of aromatic nitrogens is 3. The zero-order chi connectivity index (χ0) is 13.0. The Morgan fingerprint density at radius 1 is 1.39 bits per heavy atom. The van der Waals surface area contributed by atoms with Gasteiger partial charge in [-0.05, 0) is 24.1 Å². The lowest BCUT2D eigenvalue weighted by atomic mass is 10.2. The first-order valence-corrected chi connectivity index (χ1v) is 5.70. The molecule has 0 N–H and O–H groups in total. The highest BCUT2D eigenvalue weighted by Crippen LogP contribution is 2.05. The van der Waals surface area contributed by atoms with Gasteiger partial charge in [-0.2, -0.15) is 5.10 Å². The van der Waals surface area contributed by atoms with E-state index in [1.165, 1.54) is 6.92 Å². The largest absolute Gasteiger partial charge is 0.459 e. The van der Waals surface area contributed by atoms with Crippen LogP contribution in [0.1, 0.15) is 23.7 Å². The molecule has 0 atom stereocenters. The van der Waals surface area contributed by atoms with Crippen LogP contribution in [0.5, 0.6) is 0 Å². The van der Waals surface area contributed by atoms with E-state index in [9.17, 15) is 4.79 Å². The van der Waals surface area contributed by atoms with Gasteiger partial charge in [0, 0.05) is 19.3 Å². The van der Waals surface area contributed by atoms with E-state index in [0.29, 0.717) is 6.54 Å². The highest BCUT2D eigenvalue weighted by Gasteiger charge is 2.00. The van der Waals surface area contributed by atoms with Gasteiger partial charge in [-0.1, -0.05) is 6.07 Å². The molecule has 0 saturated carbocycles. The first-order chi connectivity index (χ1) is 8.63. The highest BCUT2D eigenvalue weighted by atomic mass is 16.5. The SMILES string of the molecule is CC(=O)OCc1ccc(Cn2cc(C)cn2)cn1. The molecule has 94 valence electrons. The molecule has 2 aromatic heterocycles. The van der Waals surface area contributed by atoms with E-state index in [1.807, 2.05) is 36.1 Å². The number of hydrogen-bond donors (Lipinski definition) is 0. The number of pyridine rings is 1. The molecular weight excluding hydrogens is 230 g/mol. The molecule has 2 aromatic rings. The number of esters is 1. The van der Waals surface area contributed by atoms with Crippen LogP contribution in [0.4, 0.5) is 0 Å². The molecule has 2 rings (SSSR count). The Morgan fingerprint density at radius 3 is 2.78 bits per heavy atom. The van der Waals surface area contributed by atoms with Gasteiger partial charge < -0.3 is 4.74 Å². The van der Waals surface area contributed by atoms with Gasteiger partial charge in [0.05, 0.1) is 18.4 Å². The molecule has 0 aromatic carbocycles. The summed E-state index contributed by atoms with van der Waals surface area (Å²) in [5, 5.41) is 4.21. The van der Waals surface area contributed by atoms with E-state index in [0.717, 1.165) is 16.8 Å². The molecule has 0 bridgehead atoms. The maximum absolute atomic E-state index is 10.7. The summed E-state index contributed by atoms with van der Waals surface area (Å²) in [6.45, 7) is 4.30. The zero-order valence-corrected chi connectivity index (χ0v) is 10.5. The predicted molar refractivity (Wildman–Crippen MR) is 65.8 cm³/mol. The topological polar surface area (TPSA) is 57.0 Å². The highest BCUT2D eigenvalue weighted by molar-refractivity contribution is 5.65. The fourth-order valence-corrected chi connectivity index (χ4v) is 1.55. The third kappa shape index (κ3) is 3.41. The zero-order valence-electron chi connectivity index (χ0n) is 10.5. The van der Waals surface area contributed by atoms with Crippen molar-refractivity contribution in [2.75, 3.05) is 0 Å². The van der Waals surface area contributed by atoms with Crippen LogP contribution in [0.25, 0.3) is 0 Å². The first kappa shape index (κ1) is 12.3. The van der Waals surface area contributed by atoms with Gasteiger partial charge in [0.2, 0.25) is 0 Å². The number of aryl methyl sites for hydroxylation is 1. The van der Waals surface area contributed by atoms with Crippen LogP contribution in [-0.4, -0.2) is 20.7 Å². The Hall–Kier alpha value is -2.17. The number of nitrogens with zero attached hydrogens (tertiary/aromatic N) is 3. The summed E-state index contributed by atoms with van der Waals surface area (Å²) in [6.07, 6.45) is 5.57. The summed E-state index contributed by atoms with van der Waals surface area (Å²) >= 11 is 0. The molecule has 2 heterocycles. The minimum absolute atomic E-state index is 0.219. The third-order valence-electron chi connectivity index (χ3n) is 2.42. The number of ether oxygens (including phenoxy) is 1. The second kappa shape index (κ2) is 5.44. The van der Waals surface area contributed by atoms with Crippen LogP contribution in [0.3, 0.4) is 0 Å². The summed E-state index contributed by atoms with van der Waals surface area (Å²) in [7, 11) is 0. The van der Waals surface area contributed by atoms with Crippen molar-refractivity contribution in [2.45, 2.75) is 27.0 Å². The van der Waals surface area contributed by atoms with Crippen molar-refractivity contribution in [1.29, 1.82) is 0 Å². The van der Waals surface area contributed by atoms with Gasteiger partial charge in [-0.15, -0.1) is 0 Å². The van der Waals surface area contributed by atoms with Crippen LogP contribution in [0, 0.1) is 6.92 Å². The molecule has 0 unspecified atom stereocenters. The summed E-state index contributed by atoms with van der Waals surface area (Å²) in [5.74, 6) is -0.298. The van der Waals surface area contributed by atoms with Gasteiger partial charge in [0.25, 0.3) is 0 Å². The van der Waals surface area contributed by atoms with E-state index >= 15 is 0 Å². The number of rotatable bonds is 4. The minimum Gasteiger partial charge on any atom is -0.459 e. The molecule has 0 fully saturated rings. The van der Waals surface area contributed by atoms with E-state index < -0.39 is 0 Å². The summed E-state index contributed by atoms with van der Waals surface area (Å²) in [5.41, 5.74) is 2.93. The van der Waals surface area contributed by atoms with Gasteiger partial charge in [0.15, 0.2) is 0 Å². The second-order valence-electron chi connectivity index (χ2n) is 4.15. The maximum atomic E-state index is 10.7. The lowest BCUT2D eigenvalue weighted by Gasteiger charge is -2.04. The number of hydrogen-bond acceptors (Lipinski definition) is 4. The normalized spacial score (nSPS) is 10.3. The van der Waals surface area contributed by atoms with E-state index in [1.54, 1.807) is 6.20 Å². The maximum Gasteiger partial charge on any atom is 0.303 e. The number of carbonyl (C=O) groups excluding carboxylic acids is 1. The third-order valence-corrected chi connectivity index (χ3v) is 2.42. The van der Waals surface area contributed by atoms with Crippen LogP contribution in [-0.2, 0) is 22.7 Å². The molecule has 18 heavy (non-hydrogen) atoms. The van der Waals surface area contributed by atoms with Crippen molar-refractivity contribution >= 4 is 5.97 Å². The van der Waals surface area contributed by atoms with Crippen molar-refractivity contribution in [2.24, 2.45) is 0 Å². The van der Waals surface area contributed by atoms with Crippen molar-refractivity contribution < 1.29 is 9.53 Å². The van der Waals surface area contributed by atoms with E-state index in [4.69, 9.17) is 4.74 Å². The van der Waals surface area contributed by atoms with Crippen LogP contribution >= 0.6 is 0 Å². The smallest absolute Gasteiger partial charge is 0.303 e. The lowest BCUT2D eigenvalue weighted by molar-refractivity contribution is -0.142. The van der Waals surface area contributed by atoms with E-state index in [-0.39, 0.29) is 12.6 Å². The molecule has 0 saturated heterocycles. The van der Waals surface area contributed by atoms with Gasteiger partial charge >= 0.3 is 5.97 Å². The molecule has 0 spiro atoms. The minimum atomic E-state index is -0.298. The Morgan fingerprint density at radius 2 is 2.22 bits per heavy atom. The molecule has 0 aliphatic heterocycles. The summed E-state index contributed by atoms with van der Waals surface area (Å²) in [6, 6.07) is 3.82. The average molecular weight is 245 g/mol. The fourth-order valence-electron chi connectivity index (χ4n) is 1.55. The molecule has 5 heteroatoms. The van der Waals surface area contributed by atoms with Gasteiger partial charge in [0.1, 0.15) is 6.61 Å². The molecule has 0 aliphatic carbocycles. The van der Waals surface area contributed by atoms with Crippen molar-refractivity contribution in [3.63, 3.8) is 0 Å². The Labute approximate surface area is 105 Å². The number of carbonyl (C=O) groups is 1. The fraction of sp³-hybridized carbons (Fsp3) is 0.308. The van der Waals surface area contributed by atoms with Crippen LogP contribution < -0.4 is 0 Å². The van der Waals surface area contributed by atoms with Crippen molar-refractivity contribution in [3.05, 3.63) is 47.5 Å². The molecule has 0 amide bonds. The monoisotopic (exact) mass is 245 g/mol. The molecule has 0 aliphatic rings. The average Bonchev–Trinajstić information content (AvgIpc) is 2.74. The van der Waals surface area contributed by atoms with Crippen LogP contribution in [0.2, 0.25) is 0 Å². The van der Waals surface area contributed by atoms with Crippen molar-refractivity contribution in [1.82, 2.24) is 14.8 Å². The van der Waals surface area contributed by atoms with Gasteiger partial charge in [-0.3, -0.25) is 14.5 Å². The van der Waals surface area contributed by atoms with Crippen molar-refractivity contribution in [3.8, 4) is 0 Å². The molecular formula is C13H15N3O2.